The third-order valence-corrected chi connectivity index (χ3v) is 3.96. The highest BCUT2D eigenvalue weighted by molar-refractivity contribution is 6.34. The van der Waals surface area contributed by atoms with Crippen LogP contribution in [0.15, 0.2) is 27.4 Å². The van der Waals surface area contributed by atoms with Gasteiger partial charge >= 0.3 is 6.09 Å². The third-order valence-electron chi connectivity index (χ3n) is 3.67. The van der Waals surface area contributed by atoms with Crippen LogP contribution in [0.4, 0.5) is 4.79 Å². The Kier molecular flexibility index (Phi) is 3.84. The fraction of sp³-hybridized carbons (Fsp3) is 0.412. The molecule has 2 heterocycles. The number of rotatable bonds is 0. The second kappa shape index (κ2) is 5.57. The zero-order valence-electron chi connectivity index (χ0n) is 13.3. The van der Waals surface area contributed by atoms with Gasteiger partial charge in [-0.15, -0.1) is 0 Å². The summed E-state index contributed by atoms with van der Waals surface area (Å²) in [5.41, 5.74) is 0.335. The Bertz CT molecular complexity index is 835. The quantitative estimate of drug-likeness (QED) is 0.736. The molecule has 1 amide bonds. The van der Waals surface area contributed by atoms with Gasteiger partial charge in [-0.05, 0) is 39.3 Å². The topological polar surface area (TPSA) is 59.8 Å². The third kappa shape index (κ3) is 3.06. The fourth-order valence-electron chi connectivity index (χ4n) is 2.63. The molecular weight excluding hydrogens is 318 g/mol. The van der Waals surface area contributed by atoms with Gasteiger partial charge in [-0.2, -0.15) is 0 Å². The van der Waals surface area contributed by atoms with Crippen LogP contribution in [-0.4, -0.2) is 23.1 Å². The molecule has 0 aliphatic carbocycles. The van der Waals surface area contributed by atoms with Gasteiger partial charge in [0.1, 0.15) is 11.4 Å². The van der Waals surface area contributed by atoms with Gasteiger partial charge in [-0.1, -0.05) is 17.7 Å². The molecule has 1 aliphatic rings. The Morgan fingerprint density at radius 3 is 2.78 bits per heavy atom. The first-order valence-electron chi connectivity index (χ1n) is 7.47. The first kappa shape index (κ1) is 15.9. The number of amides is 1. The van der Waals surface area contributed by atoms with Gasteiger partial charge in [0.05, 0.1) is 17.0 Å². The number of carbonyl (C=O) groups excluding carboxylic acids is 1. The van der Waals surface area contributed by atoms with Crippen molar-refractivity contribution in [3.63, 3.8) is 0 Å². The molecule has 0 bridgehead atoms. The number of carbonyl (C=O) groups is 1. The van der Waals surface area contributed by atoms with Crippen LogP contribution in [0.25, 0.3) is 11.0 Å². The second-order valence-corrected chi connectivity index (χ2v) is 7.01. The number of halogens is 1. The highest BCUT2D eigenvalue weighted by Crippen LogP contribution is 2.27. The normalized spacial score (nSPS) is 14.7. The standard InChI is InChI=1S/C17H18ClNO4/c1-17(2,3)23-16(21)19-8-7-10-13(9-19)22-15-11(14(10)20)5-4-6-12(15)18/h4-6H,7-9H2,1-3H3. The lowest BCUT2D eigenvalue weighted by Crippen LogP contribution is -2.41. The molecule has 1 aromatic heterocycles. The van der Waals surface area contributed by atoms with Crippen LogP contribution < -0.4 is 5.43 Å². The number of ether oxygens (including phenoxy) is 1. The van der Waals surface area contributed by atoms with E-state index in [1.165, 1.54) is 0 Å². The van der Waals surface area contributed by atoms with Crippen molar-refractivity contribution in [1.82, 2.24) is 4.90 Å². The van der Waals surface area contributed by atoms with Crippen molar-refractivity contribution in [2.75, 3.05) is 6.54 Å². The van der Waals surface area contributed by atoms with E-state index in [9.17, 15) is 9.59 Å². The molecule has 6 heteroatoms. The minimum absolute atomic E-state index is 0.0763. The summed E-state index contributed by atoms with van der Waals surface area (Å²) in [7, 11) is 0. The summed E-state index contributed by atoms with van der Waals surface area (Å²) in [5, 5.41) is 0.860. The Morgan fingerprint density at radius 2 is 2.09 bits per heavy atom. The van der Waals surface area contributed by atoms with Crippen molar-refractivity contribution in [3.05, 3.63) is 44.8 Å². The molecule has 0 radical (unpaired) electrons. The summed E-state index contributed by atoms with van der Waals surface area (Å²) in [4.78, 5) is 26.3. The van der Waals surface area contributed by atoms with Crippen molar-refractivity contribution in [2.24, 2.45) is 0 Å². The monoisotopic (exact) mass is 335 g/mol. The first-order valence-corrected chi connectivity index (χ1v) is 7.85. The number of fused-ring (bicyclic) bond motifs is 2. The number of benzene rings is 1. The van der Waals surface area contributed by atoms with Crippen molar-refractivity contribution in [3.8, 4) is 0 Å². The number of hydrogen-bond acceptors (Lipinski definition) is 4. The summed E-state index contributed by atoms with van der Waals surface area (Å²) in [6.07, 6.45) is 0.0318. The van der Waals surface area contributed by atoms with Gasteiger partial charge in [0.2, 0.25) is 0 Å². The maximum Gasteiger partial charge on any atom is 0.410 e. The van der Waals surface area contributed by atoms with Crippen molar-refractivity contribution >= 4 is 28.7 Å². The summed E-state index contributed by atoms with van der Waals surface area (Å²) in [5.74, 6) is 0.479. The summed E-state index contributed by atoms with van der Waals surface area (Å²) in [6.45, 7) is 6.09. The predicted molar refractivity (Wildman–Crippen MR) is 87.8 cm³/mol. The van der Waals surface area contributed by atoms with Crippen LogP contribution in [0.3, 0.4) is 0 Å². The van der Waals surface area contributed by atoms with Gasteiger partial charge in [0.25, 0.3) is 0 Å². The largest absolute Gasteiger partial charge is 0.457 e. The lowest BCUT2D eigenvalue weighted by Gasteiger charge is -2.30. The predicted octanol–water partition coefficient (Wildman–Crippen LogP) is 3.74. The fourth-order valence-corrected chi connectivity index (χ4v) is 2.84. The highest BCUT2D eigenvalue weighted by atomic mass is 35.5. The highest BCUT2D eigenvalue weighted by Gasteiger charge is 2.29. The van der Waals surface area contributed by atoms with E-state index in [-0.39, 0.29) is 12.0 Å². The van der Waals surface area contributed by atoms with Crippen LogP contribution >= 0.6 is 11.6 Å². The molecule has 1 aromatic carbocycles. The molecule has 0 saturated heterocycles. The molecule has 3 rings (SSSR count). The van der Waals surface area contributed by atoms with Gasteiger partial charge in [-0.25, -0.2) is 4.79 Å². The average molecular weight is 336 g/mol. The van der Waals surface area contributed by atoms with Crippen molar-refractivity contribution in [2.45, 2.75) is 39.3 Å². The van der Waals surface area contributed by atoms with Crippen molar-refractivity contribution in [1.29, 1.82) is 0 Å². The minimum Gasteiger partial charge on any atom is -0.457 e. The zero-order valence-corrected chi connectivity index (χ0v) is 14.1. The maximum atomic E-state index is 12.6. The zero-order chi connectivity index (χ0) is 16.8. The van der Waals surface area contributed by atoms with Gasteiger partial charge in [0.15, 0.2) is 11.0 Å². The second-order valence-electron chi connectivity index (χ2n) is 6.60. The Labute approximate surface area is 138 Å². The molecule has 122 valence electrons. The smallest absolute Gasteiger partial charge is 0.410 e. The van der Waals surface area contributed by atoms with E-state index in [0.29, 0.717) is 40.3 Å². The number of nitrogens with zero attached hydrogens (tertiary/aromatic N) is 1. The van der Waals surface area contributed by atoms with Crippen LogP contribution in [0.1, 0.15) is 32.1 Å². The molecule has 5 nitrogen and oxygen atoms in total. The van der Waals surface area contributed by atoms with Crippen LogP contribution in [0.5, 0.6) is 0 Å². The summed E-state index contributed by atoms with van der Waals surface area (Å²) >= 11 is 6.12. The Hall–Kier alpha value is -2.01. The number of hydrogen-bond donors (Lipinski definition) is 0. The van der Waals surface area contributed by atoms with E-state index >= 15 is 0 Å². The van der Waals surface area contributed by atoms with E-state index in [0.717, 1.165) is 0 Å². The molecule has 0 saturated carbocycles. The Balaban J connectivity index is 1.98. The SMILES string of the molecule is CC(C)(C)OC(=O)N1CCc2c(oc3c(Cl)cccc3c2=O)C1. The molecule has 0 N–H and O–H groups in total. The minimum atomic E-state index is -0.565. The van der Waals surface area contributed by atoms with Gasteiger partial charge in [0, 0.05) is 12.1 Å². The van der Waals surface area contributed by atoms with E-state index < -0.39 is 11.7 Å². The first-order chi connectivity index (χ1) is 10.8. The van der Waals surface area contributed by atoms with Crippen molar-refractivity contribution < 1.29 is 13.9 Å². The molecule has 0 atom stereocenters. The maximum absolute atomic E-state index is 12.6. The molecule has 0 unspecified atom stereocenters. The van der Waals surface area contributed by atoms with Gasteiger partial charge in [-0.3, -0.25) is 4.79 Å². The van der Waals surface area contributed by atoms with Crippen LogP contribution in [-0.2, 0) is 17.7 Å². The van der Waals surface area contributed by atoms with Gasteiger partial charge < -0.3 is 14.1 Å². The Morgan fingerprint density at radius 1 is 1.35 bits per heavy atom. The van der Waals surface area contributed by atoms with E-state index in [4.69, 9.17) is 20.8 Å². The number of para-hydroxylation sites is 1. The molecule has 0 spiro atoms. The summed E-state index contributed by atoms with van der Waals surface area (Å²) < 4.78 is 11.2. The molecular formula is C17H18ClNO4. The van der Waals surface area contributed by atoms with E-state index in [1.807, 2.05) is 20.8 Å². The lowest BCUT2D eigenvalue weighted by atomic mass is 10.0. The molecule has 23 heavy (non-hydrogen) atoms. The average Bonchev–Trinajstić information content (AvgIpc) is 2.46. The van der Waals surface area contributed by atoms with E-state index in [2.05, 4.69) is 0 Å². The van der Waals surface area contributed by atoms with E-state index in [1.54, 1.807) is 23.1 Å². The van der Waals surface area contributed by atoms with Crippen LogP contribution in [0.2, 0.25) is 5.02 Å². The van der Waals surface area contributed by atoms with Crippen LogP contribution in [0, 0.1) is 0 Å². The lowest BCUT2D eigenvalue weighted by molar-refractivity contribution is 0.0207. The molecule has 1 aliphatic heterocycles. The molecule has 0 fully saturated rings. The molecule has 2 aromatic rings. The summed E-state index contributed by atoms with van der Waals surface area (Å²) in [6, 6.07) is 5.10.